The Hall–Kier alpha value is -1.30. The lowest BCUT2D eigenvalue weighted by Gasteiger charge is -2.28. The Morgan fingerprint density at radius 1 is 1.32 bits per heavy atom. The molecule has 0 aromatic carbocycles. The molecule has 2 amide bonds. The lowest BCUT2D eigenvalue weighted by Crippen LogP contribution is -2.46. The smallest absolute Gasteiger partial charge is 0.317 e. The van der Waals surface area contributed by atoms with Gasteiger partial charge >= 0.3 is 12.0 Å². The highest BCUT2D eigenvalue weighted by atomic mass is 16.4. The third-order valence-electron chi connectivity index (χ3n) is 3.61. The molecule has 19 heavy (non-hydrogen) atoms. The fraction of sp³-hybridized carbons (Fsp3) is 0.846. The van der Waals surface area contributed by atoms with E-state index in [9.17, 15) is 14.7 Å². The molecular formula is C13H26N2O4. The summed E-state index contributed by atoms with van der Waals surface area (Å²) in [7, 11) is 1.62. The summed E-state index contributed by atoms with van der Waals surface area (Å²) in [6.45, 7) is 5.83. The number of rotatable bonds is 8. The summed E-state index contributed by atoms with van der Waals surface area (Å²) in [5.41, 5.74) is -0.902. The largest absolute Gasteiger partial charge is 0.481 e. The SMILES string of the molecule is CCC(CC)(CNC(=O)N(C)CCC(C)O)C(=O)O. The molecule has 0 spiro atoms. The van der Waals surface area contributed by atoms with E-state index >= 15 is 0 Å². The van der Waals surface area contributed by atoms with E-state index in [2.05, 4.69) is 5.32 Å². The highest BCUT2D eigenvalue weighted by molar-refractivity contribution is 5.78. The van der Waals surface area contributed by atoms with Gasteiger partial charge in [0, 0.05) is 20.1 Å². The van der Waals surface area contributed by atoms with Gasteiger partial charge in [-0.3, -0.25) is 4.79 Å². The lowest BCUT2D eigenvalue weighted by molar-refractivity contribution is -0.149. The van der Waals surface area contributed by atoms with E-state index in [4.69, 9.17) is 5.11 Å². The number of aliphatic hydroxyl groups excluding tert-OH is 1. The van der Waals surface area contributed by atoms with Crippen molar-refractivity contribution in [3.05, 3.63) is 0 Å². The van der Waals surface area contributed by atoms with Crippen LogP contribution in [0.3, 0.4) is 0 Å². The van der Waals surface area contributed by atoms with Crippen LogP contribution in [0.5, 0.6) is 0 Å². The van der Waals surface area contributed by atoms with Crippen molar-refractivity contribution in [3.63, 3.8) is 0 Å². The molecule has 0 aromatic rings. The fourth-order valence-corrected chi connectivity index (χ4v) is 1.74. The van der Waals surface area contributed by atoms with E-state index in [1.54, 1.807) is 27.8 Å². The number of urea groups is 1. The number of nitrogens with one attached hydrogen (secondary N) is 1. The van der Waals surface area contributed by atoms with Gasteiger partial charge in [-0.05, 0) is 26.2 Å². The Bertz CT molecular complexity index is 301. The molecule has 0 saturated carbocycles. The quantitative estimate of drug-likeness (QED) is 0.622. The Kier molecular flexibility index (Phi) is 7.44. The van der Waals surface area contributed by atoms with Crippen LogP contribution in [-0.2, 0) is 4.79 Å². The number of aliphatic carboxylic acids is 1. The molecule has 3 N–H and O–H groups in total. The molecule has 0 bridgehead atoms. The average Bonchev–Trinajstić information content (AvgIpc) is 2.36. The fourth-order valence-electron chi connectivity index (χ4n) is 1.74. The third kappa shape index (κ3) is 5.46. The zero-order valence-corrected chi connectivity index (χ0v) is 12.3. The van der Waals surface area contributed by atoms with Gasteiger partial charge in [-0.2, -0.15) is 0 Å². The molecule has 1 unspecified atom stereocenters. The summed E-state index contributed by atoms with van der Waals surface area (Å²) in [5, 5.41) is 21.1. The molecule has 0 aliphatic carbocycles. The summed E-state index contributed by atoms with van der Waals surface area (Å²) >= 11 is 0. The minimum Gasteiger partial charge on any atom is -0.481 e. The normalized spacial score (nSPS) is 12.9. The van der Waals surface area contributed by atoms with Crippen molar-refractivity contribution in [1.29, 1.82) is 0 Å². The number of hydrogen-bond acceptors (Lipinski definition) is 3. The highest BCUT2D eigenvalue weighted by Crippen LogP contribution is 2.25. The molecule has 0 radical (unpaired) electrons. The number of carbonyl (C=O) groups is 2. The van der Waals surface area contributed by atoms with Crippen molar-refractivity contribution in [2.45, 2.75) is 46.1 Å². The maximum atomic E-state index is 11.8. The van der Waals surface area contributed by atoms with E-state index in [1.807, 2.05) is 0 Å². The zero-order chi connectivity index (χ0) is 15.1. The molecule has 0 saturated heterocycles. The summed E-state index contributed by atoms with van der Waals surface area (Å²) in [5.74, 6) is -0.885. The second-order valence-electron chi connectivity index (χ2n) is 5.01. The molecule has 0 aliphatic rings. The Balaban J connectivity index is 4.37. The van der Waals surface area contributed by atoms with Crippen molar-refractivity contribution >= 4 is 12.0 Å². The Labute approximate surface area is 114 Å². The van der Waals surface area contributed by atoms with E-state index in [0.29, 0.717) is 25.8 Å². The molecule has 0 heterocycles. The predicted molar refractivity (Wildman–Crippen MR) is 73.0 cm³/mol. The maximum Gasteiger partial charge on any atom is 0.317 e. The second kappa shape index (κ2) is 7.99. The van der Waals surface area contributed by atoms with Crippen LogP contribution in [0, 0.1) is 5.41 Å². The van der Waals surface area contributed by atoms with Gasteiger partial charge in [-0.1, -0.05) is 13.8 Å². The highest BCUT2D eigenvalue weighted by Gasteiger charge is 2.35. The first-order chi connectivity index (χ1) is 8.79. The molecule has 0 aliphatic heterocycles. The number of carboxylic acids is 1. The standard InChI is InChI=1S/C13H26N2O4/c1-5-13(6-2,11(17)18)9-14-12(19)15(4)8-7-10(3)16/h10,16H,5-9H2,1-4H3,(H,14,19)(H,17,18). The van der Waals surface area contributed by atoms with E-state index in [-0.39, 0.29) is 12.6 Å². The maximum absolute atomic E-state index is 11.8. The van der Waals surface area contributed by atoms with Crippen LogP contribution in [0.1, 0.15) is 40.0 Å². The van der Waals surface area contributed by atoms with Crippen molar-refractivity contribution < 1.29 is 19.8 Å². The first-order valence-electron chi connectivity index (χ1n) is 6.69. The van der Waals surface area contributed by atoms with Crippen LogP contribution in [0.4, 0.5) is 4.79 Å². The van der Waals surface area contributed by atoms with Crippen molar-refractivity contribution in [3.8, 4) is 0 Å². The van der Waals surface area contributed by atoms with Crippen LogP contribution in [0.25, 0.3) is 0 Å². The molecule has 6 heteroatoms. The van der Waals surface area contributed by atoms with Gasteiger partial charge in [-0.15, -0.1) is 0 Å². The summed E-state index contributed by atoms with van der Waals surface area (Å²) < 4.78 is 0. The van der Waals surface area contributed by atoms with Crippen molar-refractivity contribution in [2.24, 2.45) is 5.41 Å². The minimum atomic E-state index is -0.902. The number of amides is 2. The number of nitrogens with zero attached hydrogens (tertiary/aromatic N) is 1. The third-order valence-corrected chi connectivity index (χ3v) is 3.61. The van der Waals surface area contributed by atoms with Gasteiger partial charge in [0.05, 0.1) is 11.5 Å². The van der Waals surface area contributed by atoms with Crippen LogP contribution in [-0.4, -0.2) is 53.4 Å². The van der Waals surface area contributed by atoms with E-state index in [1.165, 1.54) is 4.90 Å². The number of carbonyl (C=O) groups excluding carboxylic acids is 1. The van der Waals surface area contributed by atoms with E-state index < -0.39 is 17.5 Å². The monoisotopic (exact) mass is 274 g/mol. The summed E-state index contributed by atoms with van der Waals surface area (Å²) in [6, 6.07) is -0.312. The molecule has 6 nitrogen and oxygen atoms in total. The summed E-state index contributed by atoms with van der Waals surface area (Å²) in [4.78, 5) is 24.5. The first kappa shape index (κ1) is 17.7. The minimum absolute atomic E-state index is 0.118. The predicted octanol–water partition coefficient (Wildman–Crippen LogP) is 1.29. The Morgan fingerprint density at radius 2 is 1.84 bits per heavy atom. The molecule has 0 aromatic heterocycles. The van der Waals surface area contributed by atoms with Crippen molar-refractivity contribution in [2.75, 3.05) is 20.1 Å². The summed E-state index contributed by atoms with van der Waals surface area (Å²) in [6.07, 6.45) is 0.974. The van der Waals surface area contributed by atoms with Gasteiger partial charge in [-0.25, -0.2) is 4.79 Å². The zero-order valence-electron chi connectivity index (χ0n) is 12.3. The number of hydrogen-bond donors (Lipinski definition) is 3. The molecule has 1 atom stereocenters. The van der Waals surface area contributed by atoms with E-state index in [0.717, 1.165) is 0 Å². The van der Waals surface area contributed by atoms with Crippen LogP contribution in [0.15, 0.2) is 0 Å². The van der Waals surface area contributed by atoms with Gasteiger partial charge < -0.3 is 20.4 Å². The Morgan fingerprint density at radius 3 is 2.21 bits per heavy atom. The second-order valence-corrected chi connectivity index (χ2v) is 5.01. The molecular weight excluding hydrogens is 248 g/mol. The van der Waals surface area contributed by atoms with Crippen molar-refractivity contribution in [1.82, 2.24) is 10.2 Å². The van der Waals surface area contributed by atoms with Crippen LogP contribution < -0.4 is 5.32 Å². The molecule has 0 rings (SSSR count). The van der Waals surface area contributed by atoms with Crippen LogP contribution in [0.2, 0.25) is 0 Å². The van der Waals surface area contributed by atoms with Gasteiger partial charge in [0.1, 0.15) is 0 Å². The molecule has 112 valence electrons. The first-order valence-corrected chi connectivity index (χ1v) is 6.69. The topological polar surface area (TPSA) is 89.9 Å². The number of carboxylic acid groups (broad SMARTS) is 1. The van der Waals surface area contributed by atoms with Crippen LogP contribution >= 0.6 is 0 Å². The average molecular weight is 274 g/mol. The number of aliphatic hydroxyl groups is 1. The molecule has 0 fully saturated rings. The van der Waals surface area contributed by atoms with Gasteiger partial charge in [0.15, 0.2) is 0 Å². The van der Waals surface area contributed by atoms with Gasteiger partial charge in [0.25, 0.3) is 0 Å². The lowest BCUT2D eigenvalue weighted by atomic mass is 9.82. The van der Waals surface area contributed by atoms with Gasteiger partial charge in [0.2, 0.25) is 0 Å².